The highest BCUT2D eigenvalue weighted by molar-refractivity contribution is 7.80. The predicted octanol–water partition coefficient (Wildman–Crippen LogP) is -0.853. The summed E-state index contributed by atoms with van der Waals surface area (Å²) in [6, 6.07) is 0. The minimum atomic E-state index is -0.852. The molecule has 3 nitrogen and oxygen atoms in total. The van der Waals surface area contributed by atoms with Crippen LogP contribution < -0.4 is 0 Å². The van der Waals surface area contributed by atoms with Crippen molar-refractivity contribution in [3.8, 4) is 0 Å². The summed E-state index contributed by atoms with van der Waals surface area (Å²) in [5.74, 6) is 0.177. The lowest BCUT2D eigenvalue weighted by atomic mass is 9.94. The van der Waals surface area contributed by atoms with E-state index in [2.05, 4.69) is 12.6 Å². The van der Waals surface area contributed by atoms with E-state index in [4.69, 9.17) is 15.3 Å². The van der Waals surface area contributed by atoms with E-state index in [1.165, 1.54) is 0 Å². The van der Waals surface area contributed by atoms with Crippen molar-refractivity contribution in [2.45, 2.75) is 0 Å². The SMILES string of the molecule is OCC(CO)(CO)C[S]. The normalized spacial score (nSPS) is 12.0. The highest BCUT2D eigenvalue weighted by atomic mass is 32.1. The zero-order valence-electron chi connectivity index (χ0n) is 5.08. The van der Waals surface area contributed by atoms with Crippen LogP contribution in [-0.2, 0) is 0 Å². The van der Waals surface area contributed by atoms with Crippen molar-refractivity contribution in [3.05, 3.63) is 0 Å². The van der Waals surface area contributed by atoms with Crippen LogP contribution in [0.1, 0.15) is 0 Å². The van der Waals surface area contributed by atoms with Gasteiger partial charge in [0.05, 0.1) is 19.8 Å². The third-order valence-electron chi connectivity index (χ3n) is 1.31. The summed E-state index contributed by atoms with van der Waals surface area (Å²) in [6.07, 6.45) is 0. The second-order valence-electron chi connectivity index (χ2n) is 2.12. The zero-order chi connectivity index (χ0) is 7.33. The van der Waals surface area contributed by atoms with Crippen LogP contribution in [-0.4, -0.2) is 40.9 Å². The van der Waals surface area contributed by atoms with E-state index in [0.29, 0.717) is 0 Å². The maximum absolute atomic E-state index is 8.59. The molecule has 0 aliphatic heterocycles. The molecule has 0 bridgehead atoms. The van der Waals surface area contributed by atoms with Gasteiger partial charge in [0.1, 0.15) is 0 Å². The molecule has 9 heavy (non-hydrogen) atoms. The average Bonchev–Trinajstić information content (AvgIpc) is 1.95. The molecular formula is C5H11O3S. The van der Waals surface area contributed by atoms with E-state index in [1.807, 2.05) is 0 Å². The van der Waals surface area contributed by atoms with Gasteiger partial charge in [-0.15, -0.1) is 0 Å². The molecule has 0 rings (SSSR count). The molecule has 4 heteroatoms. The van der Waals surface area contributed by atoms with Crippen LogP contribution >= 0.6 is 12.6 Å². The minimum absolute atomic E-state index is 0.177. The summed E-state index contributed by atoms with van der Waals surface area (Å²) in [5, 5.41) is 25.8. The van der Waals surface area contributed by atoms with Crippen molar-refractivity contribution >= 4 is 12.6 Å². The fraction of sp³-hybridized carbons (Fsp3) is 1.00. The standard InChI is InChI=1S/C5H11O3S/c6-1-5(2-7,3-8)4-9/h6-8H,1-4H2. The molecule has 0 spiro atoms. The Labute approximate surface area is 59.7 Å². The summed E-state index contributed by atoms with van der Waals surface area (Å²) >= 11 is 4.60. The molecule has 0 saturated heterocycles. The van der Waals surface area contributed by atoms with E-state index in [-0.39, 0.29) is 25.6 Å². The second kappa shape index (κ2) is 4.11. The maximum Gasteiger partial charge on any atom is 0.0539 e. The minimum Gasteiger partial charge on any atom is -0.396 e. The Morgan fingerprint density at radius 2 is 1.33 bits per heavy atom. The zero-order valence-corrected chi connectivity index (χ0v) is 5.89. The van der Waals surface area contributed by atoms with Crippen molar-refractivity contribution in [1.82, 2.24) is 0 Å². The number of rotatable bonds is 4. The van der Waals surface area contributed by atoms with Gasteiger partial charge in [-0.1, -0.05) is 12.6 Å². The Balaban J connectivity index is 3.82. The molecule has 1 radical (unpaired) electrons. The van der Waals surface area contributed by atoms with Crippen molar-refractivity contribution in [1.29, 1.82) is 0 Å². The van der Waals surface area contributed by atoms with Crippen molar-refractivity contribution in [3.63, 3.8) is 0 Å². The summed E-state index contributed by atoms with van der Waals surface area (Å²) in [4.78, 5) is 0. The molecule has 0 aliphatic rings. The fourth-order valence-electron chi connectivity index (χ4n) is 0.287. The molecule has 55 valence electrons. The highest BCUT2D eigenvalue weighted by Gasteiger charge is 2.25. The maximum atomic E-state index is 8.59. The van der Waals surface area contributed by atoms with Crippen LogP contribution in [0.4, 0.5) is 0 Å². The van der Waals surface area contributed by atoms with Gasteiger partial charge in [-0.25, -0.2) is 0 Å². The van der Waals surface area contributed by atoms with Crippen LogP contribution in [0.3, 0.4) is 0 Å². The van der Waals surface area contributed by atoms with Crippen LogP contribution in [0.2, 0.25) is 0 Å². The smallest absolute Gasteiger partial charge is 0.0539 e. The molecule has 0 aromatic heterocycles. The lowest BCUT2D eigenvalue weighted by Gasteiger charge is -2.23. The summed E-state index contributed by atoms with van der Waals surface area (Å²) in [6.45, 7) is -0.781. The van der Waals surface area contributed by atoms with Gasteiger partial charge in [-0.05, 0) is 0 Å². The van der Waals surface area contributed by atoms with E-state index in [9.17, 15) is 0 Å². The Hall–Kier alpha value is 0.230. The van der Waals surface area contributed by atoms with E-state index < -0.39 is 5.41 Å². The summed E-state index contributed by atoms with van der Waals surface area (Å²) < 4.78 is 0. The van der Waals surface area contributed by atoms with Gasteiger partial charge in [0, 0.05) is 11.2 Å². The molecule has 0 atom stereocenters. The van der Waals surface area contributed by atoms with E-state index >= 15 is 0 Å². The van der Waals surface area contributed by atoms with Gasteiger partial charge in [0.2, 0.25) is 0 Å². The molecule has 0 amide bonds. The second-order valence-corrected chi connectivity index (χ2v) is 2.41. The first-order valence-corrected chi connectivity index (χ1v) is 3.23. The molecule has 0 fully saturated rings. The van der Waals surface area contributed by atoms with Crippen LogP contribution in [0.5, 0.6) is 0 Å². The molecule has 0 aliphatic carbocycles. The first-order chi connectivity index (χ1) is 4.24. The quantitative estimate of drug-likeness (QED) is 0.490. The summed E-state index contributed by atoms with van der Waals surface area (Å²) in [7, 11) is 0. The summed E-state index contributed by atoms with van der Waals surface area (Å²) in [5.41, 5.74) is -0.852. The van der Waals surface area contributed by atoms with Gasteiger partial charge >= 0.3 is 0 Å². The van der Waals surface area contributed by atoms with Gasteiger partial charge in [0.25, 0.3) is 0 Å². The third kappa shape index (κ3) is 2.14. The first kappa shape index (κ1) is 9.23. The number of aliphatic hydroxyl groups excluding tert-OH is 3. The van der Waals surface area contributed by atoms with Crippen molar-refractivity contribution < 1.29 is 15.3 Å². The Kier molecular flexibility index (Phi) is 4.22. The average molecular weight is 151 g/mol. The molecule has 0 heterocycles. The monoisotopic (exact) mass is 151 g/mol. The van der Waals surface area contributed by atoms with Gasteiger partial charge in [0.15, 0.2) is 0 Å². The Morgan fingerprint density at radius 1 is 1.00 bits per heavy atom. The van der Waals surface area contributed by atoms with Crippen LogP contribution in [0.15, 0.2) is 0 Å². The fourth-order valence-corrected chi connectivity index (χ4v) is 0.561. The first-order valence-electron chi connectivity index (χ1n) is 2.65. The third-order valence-corrected chi connectivity index (χ3v) is 1.92. The van der Waals surface area contributed by atoms with Crippen LogP contribution in [0, 0.1) is 5.41 Å². The van der Waals surface area contributed by atoms with Crippen LogP contribution in [0.25, 0.3) is 0 Å². The molecule has 0 aromatic carbocycles. The topological polar surface area (TPSA) is 60.7 Å². The number of aliphatic hydroxyl groups is 3. The van der Waals surface area contributed by atoms with Gasteiger partial charge < -0.3 is 15.3 Å². The Bertz CT molecular complexity index is 55.1. The Morgan fingerprint density at radius 3 is 1.33 bits per heavy atom. The molecule has 0 unspecified atom stereocenters. The van der Waals surface area contributed by atoms with E-state index in [1.54, 1.807) is 0 Å². The molecule has 0 aromatic rings. The number of hydrogen-bond acceptors (Lipinski definition) is 3. The number of hydrogen-bond donors (Lipinski definition) is 3. The van der Waals surface area contributed by atoms with Gasteiger partial charge in [-0.3, -0.25) is 0 Å². The highest BCUT2D eigenvalue weighted by Crippen LogP contribution is 2.15. The lowest BCUT2D eigenvalue weighted by molar-refractivity contribution is 0.0240. The molecule has 0 saturated carbocycles. The van der Waals surface area contributed by atoms with Gasteiger partial charge in [-0.2, -0.15) is 0 Å². The lowest BCUT2D eigenvalue weighted by Crippen LogP contribution is -2.35. The molecular weight excluding hydrogens is 140 g/mol. The van der Waals surface area contributed by atoms with Crippen molar-refractivity contribution in [2.75, 3.05) is 25.6 Å². The van der Waals surface area contributed by atoms with Crippen molar-refractivity contribution in [2.24, 2.45) is 5.41 Å². The predicted molar refractivity (Wildman–Crippen MR) is 36.1 cm³/mol. The largest absolute Gasteiger partial charge is 0.396 e. The molecule has 3 N–H and O–H groups in total. The van der Waals surface area contributed by atoms with E-state index in [0.717, 1.165) is 0 Å².